The lowest BCUT2D eigenvalue weighted by Gasteiger charge is -2.16. The molecule has 3 aliphatic rings. The molecule has 62 valence electrons. The first-order valence-electron chi connectivity index (χ1n) is 4.27. The third kappa shape index (κ3) is 0.597. The number of hydroxylamine groups is 4. The maximum absolute atomic E-state index is 5.59. The van der Waals surface area contributed by atoms with Crippen LogP contribution in [0.25, 0.3) is 0 Å². The Bertz CT molecular complexity index is 199. The van der Waals surface area contributed by atoms with Gasteiger partial charge in [-0.3, -0.25) is 0 Å². The highest BCUT2D eigenvalue weighted by Gasteiger charge is 2.72. The molecule has 4 atom stereocenters. The minimum Gasteiger partial charge on any atom is -0.329 e. The summed E-state index contributed by atoms with van der Waals surface area (Å²) in [5, 5.41) is 3.93. The fraction of sp³-hybridized carbons (Fsp3) is 1.00. The van der Waals surface area contributed by atoms with E-state index in [0.717, 1.165) is 25.9 Å². The van der Waals surface area contributed by atoms with Gasteiger partial charge in [-0.2, -0.15) is 0 Å². The van der Waals surface area contributed by atoms with E-state index in [2.05, 4.69) is 6.92 Å². The maximum Gasteiger partial charge on any atom is 0.189 e. The first-order valence-corrected chi connectivity index (χ1v) is 4.27. The van der Waals surface area contributed by atoms with Crippen molar-refractivity contribution in [2.24, 2.45) is 0 Å². The average Bonchev–Trinajstić information content (AvgIpc) is 2.50. The van der Waals surface area contributed by atoms with Gasteiger partial charge in [0.15, 0.2) is 12.0 Å². The summed E-state index contributed by atoms with van der Waals surface area (Å²) >= 11 is 0. The Morgan fingerprint density at radius 1 is 1.55 bits per heavy atom. The predicted molar refractivity (Wildman–Crippen MR) is 37.0 cm³/mol. The predicted octanol–water partition coefficient (Wildman–Crippen LogP) is 0.317. The Kier molecular flexibility index (Phi) is 1.02. The van der Waals surface area contributed by atoms with E-state index in [1.165, 1.54) is 0 Å². The van der Waals surface area contributed by atoms with E-state index in [-0.39, 0.29) is 12.0 Å². The zero-order chi connectivity index (χ0) is 7.47. The van der Waals surface area contributed by atoms with Crippen LogP contribution in [0.5, 0.6) is 0 Å². The molecule has 0 amide bonds. The fourth-order valence-electron chi connectivity index (χ4n) is 2.11. The van der Waals surface area contributed by atoms with Crippen molar-refractivity contribution < 1.29 is 9.68 Å². The van der Waals surface area contributed by atoms with Gasteiger partial charge in [-0.15, -0.1) is 10.1 Å². The van der Waals surface area contributed by atoms with Crippen molar-refractivity contribution in [1.82, 2.24) is 10.1 Å². The van der Waals surface area contributed by atoms with Crippen molar-refractivity contribution in [3.05, 3.63) is 0 Å². The second-order valence-corrected chi connectivity index (χ2v) is 3.39. The van der Waals surface area contributed by atoms with Gasteiger partial charge in [-0.05, 0) is 6.42 Å². The third-order valence-electron chi connectivity index (χ3n) is 2.66. The van der Waals surface area contributed by atoms with Gasteiger partial charge in [0.2, 0.25) is 0 Å². The molecule has 3 rings (SSSR count). The van der Waals surface area contributed by atoms with Crippen LogP contribution in [0, 0.1) is 0 Å². The van der Waals surface area contributed by atoms with Gasteiger partial charge in [-0.25, -0.2) is 4.94 Å². The van der Waals surface area contributed by atoms with Crippen LogP contribution in [0.15, 0.2) is 0 Å². The quantitative estimate of drug-likeness (QED) is 0.538. The highest BCUT2D eigenvalue weighted by molar-refractivity contribution is 5.03. The van der Waals surface area contributed by atoms with Crippen molar-refractivity contribution in [1.29, 1.82) is 0 Å². The van der Waals surface area contributed by atoms with Crippen LogP contribution in [0.1, 0.15) is 19.8 Å². The second-order valence-electron chi connectivity index (χ2n) is 3.39. The molecule has 3 aliphatic heterocycles. The van der Waals surface area contributed by atoms with Crippen LogP contribution >= 0.6 is 0 Å². The SMILES string of the molecule is CCCC12OC1N1CCN2O1. The van der Waals surface area contributed by atoms with Crippen molar-refractivity contribution >= 4 is 0 Å². The molecular weight excluding hydrogens is 144 g/mol. The first kappa shape index (κ1) is 6.37. The van der Waals surface area contributed by atoms with Gasteiger partial charge in [-0.1, -0.05) is 13.3 Å². The lowest BCUT2D eigenvalue weighted by atomic mass is 10.1. The lowest BCUT2D eigenvalue weighted by Crippen LogP contribution is -2.36. The van der Waals surface area contributed by atoms with Crippen LogP contribution in [0.2, 0.25) is 0 Å². The molecule has 0 spiro atoms. The number of hydrogen-bond acceptors (Lipinski definition) is 4. The van der Waals surface area contributed by atoms with Crippen molar-refractivity contribution in [2.45, 2.75) is 31.7 Å². The smallest absolute Gasteiger partial charge is 0.189 e. The van der Waals surface area contributed by atoms with E-state index in [0.29, 0.717) is 0 Å². The molecule has 0 radical (unpaired) electrons. The molecule has 0 aromatic heterocycles. The Morgan fingerprint density at radius 3 is 3.09 bits per heavy atom. The number of fused-ring (bicyclic) bond motifs is 5. The second kappa shape index (κ2) is 1.77. The Balaban J connectivity index is 1.83. The minimum absolute atomic E-state index is 0.0347. The Morgan fingerprint density at radius 2 is 2.45 bits per heavy atom. The van der Waals surface area contributed by atoms with Crippen molar-refractivity contribution in [2.75, 3.05) is 13.1 Å². The molecule has 3 fully saturated rings. The Labute approximate surface area is 65.6 Å². The molecule has 2 bridgehead atoms. The van der Waals surface area contributed by atoms with Crippen LogP contribution < -0.4 is 0 Å². The van der Waals surface area contributed by atoms with E-state index < -0.39 is 0 Å². The van der Waals surface area contributed by atoms with Crippen molar-refractivity contribution in [3.63, 3.8) is 0 Å². The van der Waals surface area contributed by atoms with Gasteiger partial charge in [0, 0.05) is 13.1 Å². The van der Waals surface area contributed by atoms with Gasteiger partial charge in [0.1, 0.15) is 0 Å². The normalized spacial score (nSPS) is 58.1. The summed E-state index contributed by atoms with van der Waals surface area (Å²) in [5.74, 6) is 0. The molecule has 4 nitrogen and oxygen atoms in total. The van der Waals surface area contributed by atoms with E-state index >= 15 is 0 Å². The number of nitrogens with zero attached hydrogens (tertiary/aromatic N) is 2. The molecule has 0 aromatic carbocycles. The van der Waals surface area contributed by atoms with Gasteiger partial charge >= 0.3 is 0 Å². The minimum atomic E-state index is -0.0347. The standard InChI is InChI=1S/C7H12N2O2/c1-2-3-7-6(10-7)8-4-5-9(7)11-8/h6H,2-5H2,1H3. The molecule has 3 heterocycles. The summed E-state index contributed by atoms with van der Waals surface area (Å²) in [6, 6.07) is 0. The molecule has 3 saturated heterocycles. The number of ether oxygens (including phenoxy) is 1. The average molecular weight is 156 g/mol. The molecule has 4 heteroatoms. The number of epoxide rings is 1. The summed E-state index contributed by atoms with van der Waals surface area (Å²) in [5.41, 5.74) is -0.0347. The molecule has 0 saturated carbocycles. The summed E-state index contributed by atoms with van der Waals surface area (Å²) in [6.07, 6.45) is 2.49. The molecule has 0 aromatic rings. The number of rotatable bonds is 2. The largest absolute Gasteiger partial charge is 0.329 e. The van der Waals surface area contributed by atoms with Gasteiger partial charge in [0.05, 0.1) is 0 Å². The molecule has 0 aliphatic carbocycles. The van der Waals surface area contributed by atoms with E-state index in [1.54, 1.807) is 0 Å². The summed E-state index contributed by atoms with van der Waals surface area (Å²) in [6.45, 7) is 4.17. The van der Waals surface area contributed by atoms with Crippen LogP contribution in [-0.2, 0) is 9.68 Å². The zero-order valence-corrected chi connectivity index (χ0v) is 6.62. The maximum atomic E-state index is 5.59. The van der Waals surface area contributed by atoms with Crippen LogP contribution in [-0.4, -0.2) is 35.2 Å². The number of hydrogen-bond donors (Lipinski definition) is 0. The number of piperazine rings is 1. The summed E-state index contributed by atoms with van der Waals surface area (Å²) in [7, 11) is 0. The first-order chi connectivity index (χ1) is 5.37. The fourth-order valence-corrected chi connectivity index (χ4v) is 2.11. The third-order valence-corrected chi connectivity index (χ3v) is 2.66. The Hall–Kier alpha value is -0.160. The molecular formula is C7H12N2O2. The topological polar surface area (TPSA) is 28.2 Å². The highest BCUT2D eigenvalue weighted by Crippen LogP contribution is 2.53. The summed E-state index contributed by atoms with van der Waals surface area (Å²) < 4.78 is 5.59. The van der Waals surface area contributed by atoms with Gasteiger partial charge < -0.3 is 4.74 Å². The van der Waals surface area contributed by atoms with Crippen LogP contribution in [0.3, 0.4) is 0 Å². The van der Waals surface area contributed by atoms with E-state index in [9.17, 15) is 0 Å². The lowest BCUT2D eigenvalue weighted by molar-refractivity contribution is -0.291. The summed E-state index contributed by atoms with van der Waals surface area (Å²) in [4.78, 5) is 5.43. The van der Waals surface area contributed by atoms with Crippen molar-refractivity contribution in [3.8, 4) is 0 Å². The van der Waals surface area contributed by atoms with Crippen LogP contribution in [0.4, 0.5) is 0 Å². The molecule has 4 unspecified atom stereocenters. The molecule has 11 heavy (non-hydrogen) atoms. The van der Waals surface area contributed by atoms with E-state index in [4.69, 9.17) is 9.68 Å². The monoisotopic (exact) mass is 156 g/mol. The van der Waals surface area contributed by atoms with Gasteiger partial charge in [0.25, 0.3) is 0 Å². The zero-order valence-electron chi connectivity index (χ0n) is 6.62. The molecule has 0 N–H and O–H groups in total. The van der Waals surface area contributed by atoms with E-state index in [1.807, 2.05) is 10.1 Å². The highest BCUT2D eigenvalue weighted by atomic mass is 17.0.